The summed E-state index contributed by atoms with van der Waals surface area (Å²) in [5.41, 5.74) is -2.17. The number of hydrogen-bond acceptors (Lipinski definition) is 10. The fourth-order valence-electron chi connectivity index (χ4n) is 4.08. The third-order valence-electron chi connectivity index (χ3n) is 6.27. The smallest absolute Gasteiger partial charge is 0.341 e. The summed E-state index contributed by atoms with van der Waals surface area (Å²) in [7, 11) is 0. The fourth-order valence-corrected chi connectivity index (χ4v) is 4.63. The van der Waals surface area contributed by atoms with Crippen LogP contribution in [-0.2, 0) is 38.3 Å². The summed E-state index contributed by atoms with van der Waals surface area (Å²) in [6.45, 7) is 9.31. The van der Waals surface area contributed by atoms with Crippen molar-refractivity contribution in [3.63, 3.8) is 0 Å². The third kappa shape index (κ3) is 10.8. The Bertz CT molecular complexity index is 1300. The molecule has 3 atom stereocenters. The van der Waals surface area contributed by atoms with Crippen molar-refractivity contribution in [3.05, 3.63) is 33.8 Å². The van der Waals surface area contributed by atoms with Crippen molar-refractivity contribution in [3.8, 4) is 0 Å². The van der Waals surface area contributed by atoms with Gasteiger partial charge in [-0.1, -0.05) is 48.3 Å². The first-order valence-electron chi connectivity index (χ1n) is 13.8. The highest BCUT2D eigenvalue weighted by Crippen LogP contribution is 2.28. The molecule has 2 amide bonds. The first-order valence-corrected chi connectivity index (χ1v) is 14.5. The van der Waals surface area contributed by atoms with Gasteiger partial charge in [0.05, 0.1) is 40.2 Å². The van der Waals surface area contributed by atoms with Gasteiger partial charge in [-0.3, -0.25) is 24.0 Å². The summed E-state index contributed by atoms with van der Waals surface area (Å²) in [6.07, 6.45) is -1.16. The Morgan fingerprint density at radius 3 is 2.23 bits per heavy atom. The minimum absolute atomic E-state index is 0.00798. The number of benzene rings is 1. The number of ketones is 1. The summed E-state index contributed by atoms with van der Waals surface area (Å²) >= 11 is 12.0. The van der Waals surface area contributed by atoms with E-state index in [2.05, 4.69) is 15.8 Å². The van der Waals surface area contributed by atoms with Crippen LogP contribution in [0.5, 0.6) is 0 Å². The lowest BCUT2D eigenvalue weighted by Crippen LogP contribution is -2.53. The maximum atomic E-state index is 13.2. The summed E-state index contributed by atoms with van der Waals surface area (Å²) in [6, 6.07) is 2.08. The zero-order valence-corrected chi connectivity index (χ0v) is 26.8. The predicted molar refractivity (Wildman–Crippen MR) is 159 cm³/mol. The fraction of sp³-hybridized carbons (Fsp3) is 0.552. The number of carboxylic acid groups (broad SMARTS) is 1. The van der Waals surface area contributed by atoms with Gasteiger partial charge in [-0.15, -0.1) is 0 Å². The van der Waals surface area contributed by atoms with Gasteiger partial charge in [0.2, 0.25) is 11.5 Å². The van der Waals surface area contributed by atoms with E-state index in [9.17, 15) is 33.9 Å². The number of esters is 2. The summed E-state index contributed by atoms with van der Waals surface area (Å²) in [5.74, 6) is -5.30. The molecule has 0 bridgehead atoms. The molecule has 0 saturated carbocycles. The van der Waals surface area contributed by atoms with Crippen LogP contribution in [0.15, 0.2) is 23.4 Å². The largest absolute Gasteiger partial charge is 0.481 e. The van der Waals surface area contributed by atoms with E-state index in [0.29, 0.717) is 5.71 Å². The molecule has 0 aromatic heterocycles. The number of Topliss-reactive ketones (excluding diaryl/α,β-unsaturated/α-hetero) is 1. The lowest BCUT2D eigenvalue weighted by Gasteiger charge is -2.25. The molecule has 1 unspecified atom stereocenters. The monoisotopic (exact) mass is 657 g/mol. The molecule has 242 valence electrons. The highest BCUT2D eigenvalue weighted by molar-refractivity contribution is 6.39. The Morgan fingerprint density at radius 2 is 1.68 bits per heavy atom. The second kappa shape index (κ2) is 15.3. The van der Waals surface area contributed by atoms with Crippen LogP contribution >= 0.6 is 23.2 Å². The summed E-state index contributed by atoms with van der Waals surface area (Å²) in [5, 5.41) is 18.5. The molecule has 0 aliphatic carbocycles. The van der Waals surface area contributed by atoms with Crippen LogP contribution in [0.2, 0.25) is 10.0 Å². The lowest BCUT2D eigenvalue weighted by molar-refractivity contribution is -0.155. The topological polar surface area (TPSA) is 187 Å². The number of nitrogens with zero attached hydrogens (tertiary/aromatic N) is 1. The number of amides is 2. The van der Waals surface area contributed by atoms with Crippen LogP contribution in [0.4, 0.5) is 0 Å². The van der Waals surface area contributed by atoms with Crippen LogP contribution < -0.4 is 10.6 Å². The second-order valence-corrected chi connectivity index (χ2v) is 12.5. The van der Waals surface area contributed by atoms with E-state index in [1.54, 1.807) is 20.8 Å². The maximum Gasteiger partial charge on any atom is 0.341 e. The Balaban J connectivity index is 2.03. The molecule has 1 heterocycles. The minimum Gasteiger partial charge on any atom is -0.481 e. The molecule has 0 saturated heterocycles. The first kappa shape index (κ1) is 36.5. The normalized spacial score (nSPS) is 17.5. The quantitative estimate of drug-likeness (QED) is 0.250. The second-order valence-electron chi connectivity index (χ2n) is 11.7. The average Bonchev–Trinajstić information content (AvgIpc) is 3.30. The third-order valence-corrected chi connectivity index (χ3v) is 6.90. The molecular formula is C29H37Cl2N3O10. The van der Waals surface area contributed by atoms with Gasteiger partial charge in [0.1, 0.15) is 11.6 Å². The minimum atomic E-state index is -1.65. The number of oxime groups is 1. The van der Waals surface area contributed by atoms with Crippen molar-refractivity contribution in [1.29, 1.82) is 0 Å². The Morgan fingerprint density at radius 1 is 1.07 bits per heavy atom. The van der Waals surface area contributed by atoms with Gasteiger partial charge in [-0.05, 0) is 45.7 Å². The molecule has 1 aliphatic rings. The average molecular weight is 659 g/mol. The van der Waals surface area contributed by atoms with Crippen LogP contribution in [0.3, 0.4) is 0 Å². The molecule has 15 heteroatoms. The highest BCUT2D eigenvalue weighted by Gasteiger charge is 2.46. The molecule has 1 aromatic rings. The van der Waals surface area contributed by atoms with Crippen molar-refractivity contribution in [1.82, 2.24) is 10.6 Å². The van der Waals surface area contributed by atoms with E-state index in [0.717, 1.165) is 0 Å². The van der Waals surface area contributed by atoms with Crippen molar-refractivity contribution in [2.75, 3.05) is 6.61 Å². The van der Waals surface area contributed by atoms with E-state index < -0.39 is 71.8 Å². The Labute approximate surface area is 264 Å². The van der Waals surface area contributed by atoms with Crippen molar-refractivity contribution >= 4 is 64.4 Å². The van der Waals surface area contributed by atoms with Crippen LogP contribution in [0.25, 0.3) is 0 Å². The standard InChI is InChI=1S/C29H37Cl2N3O10/c1-15(2)25(33-21(36)10-11-23(39)43-28(3,4)5)19-13-29(6,44-34-19)27(41)32-18(12-22(37)38)20(35)14-42-26(40)24-16(30)8-7-9-17(24)31/h7-9,15,18,25H,10-14H2,1-6H3,(H,32,41)(H,33,36)(H,37,38)/t18-,25-,29?/m0/s1. The van der Waals surface area contributed by atoms with Crippen molar-refractivity contribution < 1.29 is 48.2 Å². The van der Waals surface area contributed by atoms with E-state index in [4.69, 9.17) is 37.5 Å². The van der Waals surface area contributed by atoms with Crippen LogP contribution in [0, 0.1) is 5.92 Å². The number of aliphatic carboxylic acids is 1. The number of carboxylic acids is 1. The number of carbonyl (C=O) groups excluding carboxylic acids is 5. The maximum absolute atomic E-state index is 13.2. The van der Waals surface area contributed by atoms with Gasteiger partial charge < -0.3 is 30.1 Å². The molecule has 0 spiro atoms. The number of hydrogen-bond donors (Lipinski definition) is 3. The number of halogens is 2. The van der Waals surface area contributed by atoms with E-state index >= 15 is 0 Å². The molecule has 3 N–H and O–H groups in total. The Hall–Kier alpha value is -3.71. The van der Waals surface area contributed by atoms with Gasteiger partial charge >= 0.3 is 17.9 Å². The van der Waals surface area contributed by atoms with E-state index in [-0.39, 0.29) is 40.8 Å². The molecule has 2 rings (SSSR count). The molecule has 0 fully saturated rings. The molecule has 0 radical (unpaired) electrons. The number of ether oxygens (including phenoxy) is 2. The highest BCUT2D eigenvalue weighted by atomic mass is 35.5. The molecular weight excluding hydrogens is 621 g/mol. The molecule has 1 aromatic carbocycles. The van der Waals surface area contributed by atoms with Gasteiger partial charge in [0, 0.05) is 12.8 Å². The first-order chi connectivity index (χ1) is 20.3. The molecule has 13 nitrogen and oxygen atoms in total. The lowest BCUT2D eigenvalue weighted by atomic mass is 9.90. The number of rotatable bonds is 14. The summed E-state index contributed by atoms with van der Waals surface area (Å²) in [4.78, 5) is 80.0. The van der Waals surface area contributed by atoms with Crippen molar-refractivity contribution in [2.24, 2.45) is 11.1 Å². The molecule has 1 aliphatic heterocycles. The zero-order valence-electron chi connectivity index (χ0n) is 25.3. The Kier molecular flexibility index (Phi) is 12.7. The SMILES string of the molecule is CC(C)[C@H](NC(=O)CCC(=O)OC(C)(C)C)C1=NOC(C)(C(=O)N[C@@H](CC(=O)O)C(=O)COC(=O)c2c(Cl)cccc2Cl)C1. The number of carbonyl (C=O) groups is 6. The van der Waals surface area contributed by atoms with Gasteiger partial charge in [-0.2, -0.15) is 0 Å². The van der Waals surface area contributed by atoms with Gasteiger partial charge in [-0.25, -0.2) is 4.79 Å². The van der Waals surface area contributed by atoms with Gasteiger partial charge in [0.25, 0.3) is 5.91 Å². The van der Waals surface area contributed by atoms with Crippen LogP contribution in [-0.4, -0.2) is 76.2 Å². The summed E-state index contributed by atoms with van der Waals surface area (Å²) < 4.78 is 10.2. The van der Waals surface area contributed by atoms with E-state index in [1.807, 2.05) is 13.8 Å². The van der Waals surface area contributed by atoms with Crippen molar-refractivity contribution in [2.45, 2.75) is 90.5 Å². The van der Waals surface area contributed by atoms with Crippen LogP contribution in [0.1, 0.15) is 77.6 Å². The zero-order chi connectivity index (χ0) is 33.4. The predicted octanol–water partition coefficient (Wildman–Crippen LogP) is 3.48. The number of nitrogens with one attached hydrogen (secondary N) is 2. The van der Waals surface area contributed by atoms with E-state index in [1.165, 1.54) is 25.1 Å². The van der Waals surface area contributed by atoms with Gasteiger partial charge in [0.15, 0.2) is 12.4 Å². The molecule has 44 heavy (non-hydrogen) atoms.